The fraction of sp³-hybridized carbons (Fsp3) is 0.619. The van der Waals surface area contributed by atoms with Gasteiger partial charge in [-0.05, 0) is 48.8 Å². The average Bonchev–Trinajstić information content (AvgIpc) is 2.65. The molecule has 8 heteroatoms. The van der Waals surface area contributed by atoms with E-state index in [2.05, 4.69) is 17.6 Å². The maximum Gasteiger partial charge on any atom is 0.242 e. The van der Waals surface area contributed by atoms with Gasteiger partial charge < -0.3 is 10.6 Å². The van der Waals surface area contributed by atoms with Crippen LogP contribution in [-0.2, 0) is 26.0 Å². The van der Waals surface area contributed by atoms with Crippen molar-refractivity contribution in [1.29, 1.82) is 0 Å². The summed E-state index contributed by atoms with van der Waals surface area (Å²) in [6.07, 6.45) is 4.71. The first-order valence-corrected chi connectivity index (χ1v) is 11.8. The summed E-state index contributed by atoms with van der Waals surface area (Å²) in [5, 5.41) is 10.9. The Kier molecular flexibility index (Phi) is 8.22. The van der Waals surface area contributed by atoms with Crippen molar-refractivity contribution in [1.82, 2.24) is 10.6 Å². The zero-order chi connectivity index (χ0) is 21.6. The van der Waals surface area contributed by atoms with Gasteiger partial charge in [-0.25, -0.2) is 13.6 Å². The number of hydrogen-bond donors (Lipinski definition) is 3. The van der Waals surface area contributed by atoms with Gasteiger partial charge in [0.25, 0.3) is 0 Å². The number of carbonyl (C=O) groups excluding carboxylic acids is 2. The highest BCUT2D eigenvalue weighted by atomic mass is 32.2. The molecule has 4 N–H and O–H groups in total. The first-order valence-electron chi connectivity index (χ1n) is 10.3. The third kappa shape index (κ3) is 6.82. The van der Waals surface area contributed by atoms with Crippen molar-refractivity contribution in [3.05, 3.63) is 29.8 Å². The maximum absolute atomic E-state index is 12.7. The minimum atomic E-state index is -3.71. The highest BCUT2D eigenvalue weighted by Crippen LogP contribution is 2.29. The second-order valence-corrected chi connectivity index (χ2v) is 9.89. The predicted octanol–water partition coefficient (Wildman–Crippen LogP) is 1.96. The summed E-state index contributed by atoms with van der Waals surface area (Å²) in [6, 6.07) is 5.70. The fourth-order valence-corrected chi connectivity index (χ4v) is 4.30. The smallest absolute Gasteiger partial charge is 0.242 e. The molecule has 0 radical (unpaired) electrons. The number of carbonyl (C=O) groups is 2. The Balaban J connectivity index is 1.88. The van der Waals surface area contributed by atoms with Gasteiger partial charge in [0, 0.05) is 12.5 Å². The van der Waals surface area contributed by atoms with Crippen LogP contribution in [0, 0.1) is 17.8 Å². The summed E-state index contributed by atoms with van der Waals surface area (Å²) in [7, 11) is -3.71. The van der Waals surface area contributed by atoms with Crippen LogP contribution in [0.2, 0.25) is 0 Å². The van der Waals surface area contributed by atoms with Crippen LogP contribution in [-0.4, -0.2) is 32.8 Å². The summed E-state index contributed by atoms with van der Waals surface area (Å²) in [5.74, 6) is 0.0876. The molecule has 0 aliphatic heterocycles. The molecule has 162 valence electrons. The van der Waals surface area contributed by atoms with E-state index in [9.17, 15) is 18.0 Å². The summed E-state index contributed by atoms with van der Waals surface area (Å²) in [6.45, 7) is 6.34. The van der Waals surface area contributed by atoms with Crippen LogP contribution in [0.25, 0.3) is 0 Å². The molecule has 0 spiro atoms. The van der Waals surface area contributed by atoms with Crippen molar-refractivity contribution in [2.24, 2.45) is 22.9 Å². The monoisotopic (exact) mass is 423 g/mol. The second kappa shape index (κ2) is 10.2. The van der Waals surface area contributed by atoms with Crippen LogP contribution in [0.4, 0.5) is 0 Å². The van der Waals surface area contributed by atoms with Crippen molar-refractivity contribution in [2.75, 3.05) is 6.54 Å². The number of nitrogens with one attached hydrogen (secondary N) is 2. The number of amides is 2. The van der Waals surface area contributed by atoms with Crippen molar-refractivity contribution >= 4 is 21.8 Å². The predicted molar refractivity (Wildman–Crippen MR) is 112 cm³/mol. The SMILES string of the molecule is CC(C)[C@H](NC(=O)[C@@H]1CCCC[C@@H]1C)C(=O)NCCc1ccc(S(N)(=O)=O)cc1. The molecule has 1 fully saturated rings. The van der Waals surface area contributed by atoms with Crippen LogP contribution >= 0.6 is 0 Å². The summed E-state index contributed by atoms with van der Waals surface area (Å²) in [5.41, 5.74) is 0.888. The van der Waals surface area contributed by atoms with Crippen molar-refractivity contribution in [3.8, 4) is 0 Å². The molecule has 29 heavy (non-hydrogen) atoms. The van der Waals surface area contributed by atoms with Gasteiger partial charge in [-0.2, -0.15) is 0 Å². The molecule has 1 aromatic carbocycles. The normalized spacial score (nSPS) is 20.9. The van der Waals surface area contributed by atoms with E-state index in [1.165, 1.54) is 12.1 Å². The topological polar surface area (TPSA) is 118 Å². The number of rotatable bonds is 8. The Morgan fingerprint density at radius 2 is 1.76 bits per heavy atom. The first-order chi connectivity index (χ1) is 13.6. The number of primary sulfonamides is 1. The fourth-order valence-electron chi connectivity index (χ4n) is 3.79. The molecule has 1 aliphatic rings. The van der Waals surface area contributed by atoms with Gasteiger partial charge in [-0.15, -0.1) is 0 Å². The largest absolute Gasteiger partial charge is 0.354 e. The lowest BCUT2D eigenvalue weighted by Crippen LogP contribution is -2.52. The van der Waals surface area contributed by atoms with E-state index >= 15 is 0 Å². The Hall–Kier alpha value is -1.93. The van der Waals surface area contributed by atoms with Crippen LogP contribution < -0.4 is 15.8 Å². The number of benzene rings is 1. The lowest BCUT2D eigenvalue weighted by molar-refractivity contribution is -0.133. The Morgan fingerprint density at radius 3 is 2.31 bits per heavy atom. The van der Waals surface area contributed by atoms with Crippen LogP contribution in [0.1, 0.15) is 52.0 Å². The highest BCUT2D eigenvalue weighted by molar-refractivity contribution is 7.89. The van der Waals surface area contributed by atoms with E-state index in [1.54, 1.807) is 12.1 Å². The molecule has 0 unspecified atom stereocenters. The van der Waals surface area contributed by atoms with E-state index in [-0.39, 0.29) is 28.5 Å². The molecular weight excluding hydrogens is 390 g/mol. The van der Waals surface area contributed by atoms with Crippen molar-refractivity contribution in [2.45, 2.75) is 63.8 Å². The van der Waals surface area contributed by atoms with Gasteiger partial charge in [0.05, 0.1) is 4.90 Å². The van der Waals surface area contributed by atoms with Gasteiger partial charge >= 0.3 is 0 Å². The van der Waals surface area contributed by atoms with E-state index in [0.29, 0.717) is 18.9 Å². The minimum Gasteiger partial charge on any atom is -0.354 e. The standard InChI is InChI=1S/C21H33N3O4S/c1-14(2)19(24-20(25)18-7-5-4-6-15(18)3)21(26)23-13-12-16-8-10-17(11-9-16)29(22,27)28/h8-11,14-15,18-19H,4-7,12-13H2,1-3H3,(H,23,26)(H,24,25)(H2,22,27,28)/t15-,18+,19-/m0/s1. The van der Waals surface area contributed by atoms with Gasteiger partial charge in [0.2, 0.25) is 21.8 Å². The van der Waals surface area contributed by atoms with Crippen LogP contribution in [0.3, 0.4) is 0 Å². The summed E-state index contributed by atoms with van der Waals surface area (Å²) in [4.78, 5) is 25.4. The molecule has 0 heterocycles. The molecule has 2 amide bonds. The molecule has 3 atom stereocenters. The molecule has 1 aliphatic carbocycles. The Labute approximate surface area is 173 Å². The molecule has 0 aromatic heterocycles. The molecule has 1 saturated carbocycles. The van der Waals surface area contributed by atoms with Gasteiger partial charge in [0.15, 0.2) is 0 Å². The van der Waals surface area contributed by atoms with Gasteiger partial charge in [-0.3, -0.25) is 9.59 Å². The molecular formula is C21H33N3O4S. The first kappa shape index (κ1) is 23.3. The quantitative estimate of drug-likeness (QED) is 0.592. The van der Waals surface area contributed by atoms with E-state index in [1.807, 2.05) is 13.8 Å². The van der Waals surface area contributed by atoms with Crippen molar-refractivity contribution in [3.63, 3.8) is 0 Å². The van der Waals surface area contributed by atoms with E-state index < -0.39 is 16.1 Å². The van der Waals surface area contributed by atoms with Crippen LogP contribution in [0.15, 0.2) is 29.2 Å². The van der Waals surface area contributed by atoms with Gasteiger partial charge in [-0.1, -0.05) is 45.7 Å². The maximum atomic E-state index is 12.7. The third-order valence-electron chi connectivity index (χ3n) is 5.66. The molecule has 0 saturated heterocycles. The van der Waals surface area contributed by atoms with E-state index in [4.69, 9.17) is 5.14 Å². The second-order valence-electron chi connectivity index (χ2n) is 8.33. The van der Waals surface area contributed by atoms with E-state index in [0.717, 1.165) is 31.2 Å². The lowest BCUT2D eigenvalue weighted by atomic mass is 9.79. The average molecular weight is 424 g/mol. The Bertz CT molecular complexity index is 806. The molecule has 7 nitrogen and oxygen atoms in total. The Morgan fingerprint density at radius 1 is 1.14 bits per heavy atom. The summed E-state index contributed by atoms with van der Waals surface area (Å²) < 4.78 is 22.6. The van der Waals surface area contributed by atoms with Crippen molar-refractivity contribution < 1.29 is 18.0 Å². The van der Waals surface area contributed by atoms with Crippen LogP contribution in [0.5, 0.6) is 0 Å². The molecule has 1 aromatic rings. The van der Waals surface area contributed by atoms with Gasteiger partial charge in [0.1, 0.15) is 6.04 Å². The minimum absolute atomic E-state index is 0.0184. The zero-order valence-corrected chi connectivity index (χ0v) is 18.3. The molecule has 0 bridgehead atoms. The number of hydrogen-bond acceptors (Lipinski definition) is 4. The summed E-state index contributed by atoms with van der Waals surface area (Å²) >= 11 is 0. The lowest BCUT2D eigenvalue weighted by Gasteiger charge is -2.30. The third-order valence-corrected chi connectivity index (χ3v) is 6.59. The number of nitrogens with two attached hydrogens (primary N) is 1. The zero-order valence-electron chi connectivity index (χ0n) is 17.5. The highest BCUT2D eigenvalue weighted by Gasteiger charge is 2.31. The number of sulfonamides is 1. The molecule has 2 rings (SSSR count).